The highest BCUT2D eigenvalue weighted by Gasteiger charge is 2.22. The van der Waals surface area contributed by atoms with E-state index in [0.29, 0.717) is 24.0 Å². The number of hydrogen-bond acceptors (Lipinski definition) is 6. The number of benzene rings is 1. The Bertz CT molecular complexity index is 800. The molecule has 0 saturated carbocycles. The third kappa shape index (κ3) is 4.81. The maximum absolute atomic E-state index is 11.9. The molecule has 1 fully saturated rings. The Morgan fingerprint density at radius 3 is 2.89 bits per heavy atom. The fraction of sp³-hybridized carbons (Fsp3) is 0.368. The Labute approximate surface area is 163 Å². The van der Waals surface area contributed by atoms with Crippen molar-refractivity contribution < 1.29 is 13.9 Å². The first-order valence-electron chi connectivity index (χ1n) is 8.75. The molecular formula is C19H23ClN4O3. The highest BCUT2D eigenvalue weighted by molar-refractivity contribution is 6.30. The third-order valence-electron chi connectivity index (χ3n) is 4.40. The van der Waals surface area contributed by atoms with Crippen LogP contribution in [0.2, 0.25) is 5.02 Å². The first-order chi connectivity index (χ1) is 13.1. The Hall–Kier alpha value is -2.51. The van der Waals surface area contributed by atoms with E-state index in [1.807, 2.05) is 18.2 Å². The van der Waals surface area contributed by atoms with Crippen LogP contribution in [0, 0.1) is 0 Å². The summed E-state index contributed by atoms with van der Waals surface area (Å²) in [6, 6.07) is 5.64. The van der Waals surface area contributed by atoms with Gasteiger partial charge in [-0.15, -0.1) is 6.58 Å². The first kappa shape index (κ1) is 19.3. The molecule has 1 aromatic carbocycles. The molecule has 1 aromatic heterocycles. The van der Waals surface area contributed by atoms with Crippen molar-refractivity contribution in [1.29, 1.82) is 0 Å². The topological polar surface area (TPSA) is 70.8 Å². The smallest absolute Gasteiger partial charge is 0.273 e. The molecule has 3 rings (SSSR count). The number of aromatic nitrogens is 1. The van der Waals surface area contributed by atoms with Crippen molar-refractivity contribution in [2.75, 3.05) is 44.7 Å². The van der Waals surface area contributed by atoms with E-state index in [1.165, 1.54) is 6.26 Å². The van der Waals surface area contributed by atoms with Gasteiger partial charge in [0.05, 0.1) is 19.3 Å². The fourth-order valence-electron chi connectivity index (χ4n) is 2.99. The van der Waals surface area contributed by atoms with Gasteiger partial charge in [0, 0.05) is 37.7 Å². The minimum Gasteiger partial charge on any atom is -0.495 e. The van der Waals surface area contributed by atoms with Crippen molar-refractivity contribution in [3.8, 4) is 5.75 Å². The van der Waals surface area contributed by atoms with Gasteiger partial charge in [0.25, 0.3) is 5.91 Å². The van der Waals surface area contributed by atoms with Gasteiger partial charge >= 0.3 is 0 Å². The first-order valence-corrected chi connectivity index (χ1v) is 9.13. The van der Waals surface area contributed by atoms with Crippen LogP contribution in [-0.2, 0) is 6.54 Å². The number of anilines is 1. The van der Waals surface area contributed by atoms with E-state index in [1.54, 1.807) is 13.2 Å². The van der Waals surface area contributed by atoms with Gasteiger partial charge < -0.3 is 19.4 Å². The van der Waals surface area contributed by atoms with Crippen LogP contribution in [0.25, 0.3) is 0 Å². The Kier molecular flexibility index (Phi) is 6.36. The molecule has 0 unspecified atom stereocenters. The normalized spacial score (nSPS) is 14.8. The standard InChI is InChI=1S/C19H23ClN4O3/c1-3-6-21-19(25)15-13-27-18(22-15)12-23-7-9-24(10-8-23)16-11-14(20)4-5-17(16)26-2/h3-5,11,13H,1,6-10,12H2,2H3,(H,21,25). The minimum atomic E-state index is -0.261. The number of halogens is 1. The number of carbonyl (C=O) groups excluding carboxylic acids is 1. The van der Waals surface area contributed by atoms with Gasteiger partial charge in [-0.05, 0) is 18.2 Å². The lowest BCUT2D eigenvalue weighted by atomic mass is 10.2. The zero-order valence-electron chi connectivity index (χ0n) is 15.3. The molecule has 7 nitrogen and oxygen atoms in total. The fourth-order valence-corrected chi connectivity index (χ4v) is 3.16. The molecule has 1 aliphatic heterocycles. The molecule has 144 valence electrons. The Balaban J connectivity index is 1.56. The lowest BCUT2D eigenvalue weighted by molar-refractivity contribution is 0.0953. The summed E-state index contributed by atoms with van der Waals surface area (Å²) in [5, 5.41) is 3.37. The van der Waals surface area contributed by atoms with Crippen LogP contribution in [0.1, 0.15) is 16.4 Å². The average Bonchev–Trinajstić information content (AvgIpc) is 3.15. The lowest BCUT2D eigenvalue weighted by Gasteiger charge is -2.36. The summed E-state index contributed by atoms with van der Waals surface area (Å²) in [6.07, 6.45) is 3.01. The number of nitrogens with one attached hydrogen (secondary N) is 1. The van der Waals surface area contributed by atoms with Crippen molar-refractivity contribution in [1.82, 2.24) is 15.2 Å². The molecule has 27 heavy (non-hydrogen) atoms. The SMILES string of the molecule is C=CCNC(=O)c1coc(CN2CCN(c3cc(Cl)ccc3OC)CC2)n1. The zero-order chi connectivity index (χ0) is 19.2. The van der Waals surface area contributed by atoms with Gasteiger partial charge in [0.15, 0.2) is 5.69 Å². The molecule has 1 amide bonds. The molecule has 1 N–H and O–H groups in total. The molecule has 1 aliphatic rings. The molecule has 0 bridgehead atoms. The summed E-state index contributed by atoms with van der Waals surface area (Å²) in [4.78, 5) is 20.6. The second-order valence-corrected chi connectivity index (χ2v) is 6.64. The molecular weight excluding hydrogens is 368 g/mol. The molecule has 0 radical (unpaired) electrons. The van der Waals surface area contributed by atoms with Crippen molar-refractivity contribution in [2.45, 2.75) is 6.54 Å². The molecule has 2 heterocycles. The van der Waals surface area contributed by atoms with Crippen LogP contribution in [0.15, 0.2) is 41.5 Å². The van der Waals surface area contributed by atoms with E-state index in [-0.39, 0.29) is 11.6 Å². The van der Waals surface area contributed by atoms with Gasteiger partial charge in [0.2, 0.25) is 5.89 Å². The van der Waals surface area contributed by atoms with E-state index in [4.69, 9.17) is 20.8 Å². The summed E-state index contributed by atoms with van der Waals surface area (Å²) in [5.41, 5.74) is 1.29. The number of oxazole rings is 1. The third-order valence-corrected chi connectivity index (χ3v) is 4.64. The maximum atomic E-state index is 11.9. The van der Waals surface area contributed by atoms with Crippen LogP contribution < -0.4 is 15.0 Å². The molecule has 0 atom stereocenters. The van der Waals surface area contributed by atoms with E-state index in [2.05, 4.69) is 26.7 Å². The van der Waals surface area contributed by atoms with Crippen LogP contribution >= 0.6 is 11.6 Å². The highest BCUT2D eigenvalue weighted by atomic mass is 35.5. The second-order valence-electron chi connectivity index (χ2n) is 6.20. The molecule has 0 spiro atoms. The summed E-state index contributed by atoms with van der Waals surface area (Å²) in [6.45, 7) is 7.89. The molecule has 2 aromatic rings. The van der Waals surface area contributed by atoms with Crippen molar-refractivity contribution in [3.05, 3.63) is 53.7 Å². The van der Waals surface area contributed by atoms with Crippen LogP contribution in [-0.4, -0.2) is 55.6 Å². The summed E-state index contributed by atoms with van der Waals surface area (Å²) >= 11 is 6.14. The lowest BCUT2D eigenvalue weighted by Crippen LogP contribution is -2.46. The predicted octanol–water partition coefficient (Wildman–Crippen LogP) is 2.57. The monoisotopic (exact) mass is 390 g/mol. The zero-order valence-corrected chi connectivity index (χ0v) is 16.0. The van der Waals surface area contributed by atoms with Gasteiger partial charge in [-0.3, -0.25) is 9.69 Å². The number of nitrogens with zero attached hydrogens (tertiary/aromatic N) is 3. The number of ether oxygens (including phenoxy) is 1. The van der Waals surface area contributed by atoms with E-state index >= 15 is 0 Å². The van der Waals surface area contributed by atoms with Gasteiger partial charge in [-0.25, -0.2) is 4.98 Å². The number of carbonyl (C=O) groups is 1. The van der Waals surface area contributed by atoms with E-state index < -0.39 is 0 Å². The van der Waals surface area contributed by atoms with E-state index in [0.717, 1.165) is 37.6 Å². The average molecular weight is 391 g/mol. The summed E-state index contributed by atoms with van der Waals surface area (Å²) < 4.78 is 10.9. The van der Waals surface area contributed by atoms with Crippen molar-refractivity contribution in [3.63, 3.8) is 0 Å². The number of methoxy groups -OCH3 is 1. The molecule has 1 saturated heterocycles. The van der Waals surface area contributed by atoms with Gasteiger partial charge in [-0.1, -0.05) is 17.7 Å². The van der Waals surface area contributed by atoms with Crippen molar-refractivity contribution in [2.24, 2.45) is 0 Å². The number of rotatable bonds is 7. The largest absolute Gasteiger partial charge is 0.495 e. The minimum absolute atomic E-state index is 0.261. The molecule has 8 heteroatoms. The predicted molar refractivity (Wildman–Crippen MR) is 105 cm³/mol. The number of hydrogen-bond donors (Lipinski definition) is 1. The second kappa shape index (κ2) is 8.92. The Morgan fingerprint density at radius 1 is 1.41 bits per heavy atom. The summed E-state index contributed by atoms with van der Waals surface area (Å²) in [5.74, 6) is 1.09. The van der Waals surface area contributed by atoms with E-state index in [9.17, 15) is 4.79 Å². The quantitative estimate of drug-likeness (QED) is 0.733. The maximum Gasteiger partial charge on any atom is 0.273 e. The molecule has 0 aliphatic carbocycles. The number of amides is 1. The highest BCUT2D eigenvalue weighted by Crippen LogP contribution is 2.31. The van der Waals surface area contributed by atoms with Crippen LogP contribution in [0.3, 0.4) is 0 Å². The van der Waals surface area contributed by atoms with Crippen LogP contribution in [0.5, 0.6) is 5.75 Å². The van der Waals surface area contributed by atoms with Crippen molar-refractivity contribution >= 4 is 23.2 Å². The summed E-state index contributed by atoms with van der Waals surface area (Å²) in [7, 11) is 1.66. The van der Waals surface area contributed by atoms with Gasteiger partial charge in [-0.2, -0.15) is 0 Å². The number of piperazine rings is 1. The van der Waals surface area contributed by atoms with Crippen LogP contribution in [0.4, 0.5) is 5.69 Å². The van der Waals surface area contributed by atoms with Gasteiger partial charge in [0.1, 0.15) is 12.0 Å². The Morgan fingerprint density at radius 2 is 2.19 bits per heavy atom.